The van der Waals surface area contributed by atoms with Gasteiger partial charge >= 0.3 is 0 Å². The number of nitrogens with two attached hydrogens (primary N) is 1. The summed E-state index contributed by atoms with van der Waals surface area (Å²) in [5.41, 5.74) is 5.10. The molecule has 3 amide bonds. The Morgan fingerprint density at radius 1 is 1.19 bits per heavy atom. The van der Waals surface area contributed by atoms with Gasteiger partial charge in [0.2, 0.25) is 17.7 Å². The summed E-state index contributed by atoms with van der Waals surface area (Å²) in [6, 6.07) is 9.17. The van der Waals surface area contributed by atoms with Gasteiger partial charge in [0.1, 0.15) is 6.04 Å². The zero-order valence-electron chi connectivity index (χ0n) is 19.6. The van der Waals surface area contributed by atoms with Crippen molar-refractivity contribution in [2.75, 3.05) is 34.2 Å². The summed E-state index contributed by atoms with van der Waals surface area (Å²) >= 11 is 0. The van der Waals surface area contributed by atoms with Crippen LogP contribution in [0.3, 0.4) is 0 Å². The number of likely N-dealkylation sites (tertiary alicyclic amines) is 1. The van der Waals surface area contributed by atoms with Crippen molar-refractivity contribution in [3.8, 4) is 0 Å². The van der Waals surface area contributed by atoms with Crippen LogP contribution in [0.1, 0.15) is 39.2 Å². The molecule has 2 rings (SSSR count). The molecule has 1 saturated heterocycles. The molecule has 1 aliphatic rings. The quantitative estimate of drug-likeness (QED) is 0.628. The molecule has 172 valence electrons. The fourth-order valence-electron chi connectivity index (χ4n) is 3.94. The molecule has 1 aromatic carbocycles. The van der Waals surface area contributed by atoms with Crippen LogP contribution < -0.4 is 11.1 Å². The number of nitrogens with one attached hydrogen (secondary N) is 1. The highest BCUT2D eigenvalue weighted by Crippen LogP contribution is 2.36. The number of hydrogen-bond donors (Lipinski definition) is 2. The van der Waals surface area contributed by atoms with Gasteiger partial charge in [-0.1, -0.05) is 30.3 Å². The van der Waals surface area contributed by atoms with E-state index >= 15 is 0 Å². The topological polar surface area (TPSA) is 99.0 Å². The van der Waals surface area contributed by atoms with E-state index in [1.54, 1.807) is 42.7 Å². The molecule has 8 heteroatoms. The number of benzene rings is 1. The fraction of sp³-hybridized carbons (Fsp3) is 0.609. The fourth-order valence-corrected chi connectivity index (χ4v) is 3.94. The van der Waals surface area contributed by atoms with E-state index < -0.39 is 17.0 Å². The van der Waals surface area contributed by atoms with Crippen molar-refractivity contribution in [3.63, 3.8) is 0 Å². The van der Waals surface area contributed by atoms with Crippen LogP contribution in [-0.4, -0.2) is 78.5 Å². The van der Waals surface area contributed by atoms with Gasteiger partial charge in [0, 0.05) is 34.2 Å². The zero-order chi connectivity index (χ0) is 23.4. The van der Waals surface area contributed by atoms with Crippen molar-refractivity contribution in [3.05, 3.63) is 35.9 Å². The molecule has 0 aliphatic carbocycles. The molecular formula is C23H37N5O3. The van der Waals surface area contributed by atoms with Gasteiger partial charge in [-0.15, -0.1) is 0 Å². The van der Waals surface area contributed by atoms with E-state index in [-0.39, 0.29) is 17.7 Å². The van der Waals surface area contributed by atoms with Crippen molar-refractivity contribution in [2.45, 2.75) is 51.6 Å². The SMILES string of the molecule is CC(NC(=O)C(C)(C)N)C(=O)N1CCC[C@](Cc2ccccc2)(C(=O)N(C)N(C)C)C1. The average Bonchev–Trinajstić information content (AvgIpc) is 2.72. The Morgan fingerprint density at radius 2 is 1.81 bits per heavy atom. The Bertz CT molecular complexity index is 790. The molecule has 0 aromatic heterocycles. The molecule has 0 bridgehead atoms. The van der Waals surface area contributed by atoms with Crippen LogP contribution in [0.25, 0.3) is 0 Å². The standard InChI is InChI=1S/C23H37N5O3/c1-17(25-20(30)22(2,3)24)19(29)28-14-10-13-23(16-28,21(31)27(6)26(4)5)15-18-11-8-7-9-12-18/h7-9,11-12,17H,10,13-16,24H2,1-6H3,(H,25,30)/t17?,23-/m1/s1. The van der Waals surface area contributed by atoms with Gasteiger partial charge in [0.25, 0.3) is 0 Å². The van der Waals surface area contributed by atoms with E-state index in [2.05, 4.69) is 5.32 Å². The van der Waals surface area contributed by atoms with E-state index in [0.29, 0.717) is 32.4 Å². The van der Waals surface area contributed by atoms with Crippen molar-refractivity contribution in [2.24, 2.45) is 11.1 Å². The van der Waals surface area contributed by atoms with Crippen LogP contribution in [0, 0.1) is 5.41 Å². The van der Waals surface area contributed by atoms with E-state index in [4.69, 9.17) is 5.73 Å². The predicted molar refractivity (Wildman–Crippen MR) is 121 cm³/mol. The molecule has 1 aliphatic heterocycles. The number of carbonyl (C=O) groups is 3. The summed E-state index contributed by atoms with van der Waals surface area (Å²) in [7, 11) is 5.40. The molecule has 1 heterocycles. The summed E-state index contributed by atoms with van der Waals surface area (Å²) < 4.78 is 0. The van der Waals surface area contributed by atoms with Crippen molar-refractivity contribution in [1.82, 2.24) is 20.2 Å². The Balaban J connectivity index is 2.27. The summed E-state index contributed by atoms with van der Waals surface area (Å²) in [5.74, 6) is -0.599. The maximum Gasteiger partial charge on any atom is 0.244 e. The zero-order valence-corrected chi connectivity index (χ0v) is 19.6. The van der Waals surface area contributed by atoms with E-state index in [9.17, 15) is 14.4 Å². The summed E-state index contributed by atoms with van der Waals surface area (Å²) in [6.45, 7) is 5.72. The second kappa shape index (κ2) is 9.78. The van der Waals surface area contributed by atoms with Crippen molar-refractivity contribution >= 4 is 17.7 Å². The molecular weight excluding hydrogens is 394 g/mol. The molecule has 1 unspecified atom stereocenters. The summed E-state index contributed by atoms with van der Waals surface area (Å²) in [4.78, 5) is 40.7. The maximum absolute atomic E-state index is 13.6. The van der Waals surface area contributed by atoms with Gasteiger partial charge in [0.15, 0.2) is 0 Å². The molecule has 0 saturated carbocycles. The lowest BCUT2D eigenvalue weighted by Gasteiger charge is -2.45. The minimum atomic E-state index is -1.07. The van der Waals surface area contributed by atoms with Crippen LogP contribution in [0.2, 0.25) is 0 Å². The number of carbonyl (C=O) groups excluding carboxylic acids is 3. The third-order valence-corrected chi connectivity index (χ3v) is 5.92. The van der Waals surface area contributed by atoms with Crippen LogP contribution in [0.5, 0.6) is 0 Å². The minimum absolute atomic E-state index is 0.0152. The highest BCUT2D eigenvalue weighted by molar-refractivity contribution is 5.92. The van der Waals surface area contributed by atoms with E-state index in [1.807, 2.05) is 44.4 Å². The Hall–Kier alpha value is -2.45. The first kappa shape index (κ1) is 24.8. The molecule has 8 nitrogen and oxygen atoms in total. The second-order valence-corrected chi connectivity index (χ2v) is 9.40. The highest BCUT2D eigenvalue weighted by Gasteiger charge is 2.46. The monoisotopic (exact) mass is 431 g/mol. The number of piperidine rings is 1. The second-order valence-electron chi connectivity index (χ2n) is 9.40. The molecule has 2 atom stereocenters. The predicted octanol–water partition coefficient (Wildman–Crippen LogP) is 1.01. The number of rotatable bonds is 7. The summed E-state index contributed by atoms with van der Waals surface area (Å²) in [5, 5.41) is 6.07. The lowest BCUT2D eigenvalue weighted by Crippen LogP contribution is -2.60. The summed E-state index contributed by atoms with van der Waals surface area (Å²) in [6.07, 6.45) is 1.96. The van der Waals surface area contributed by atoms with Gasteiger partial charge in [-0.05, 0) is 45.6 Å². The van der Waals surface area contributed by atoms with Gasteiger partial charge in [0.05, 0.1) is 11.0 Å². The number of hydrazine groups is 1. The van der Waals surface area contributed by atoms with Crippen LogP contribution in [0.4, 0.5) is 0 Å². The first-order chi connectivity index (χ1) is 14.4. The highest BCUT2D eigenvalue weighted by atomic mass is 16.2. The Kier molecular flexibility index (Phi) is 7.83. The van der Waals surface area contributed by atoms with Crippen molar-refractivity contribution < 1.29 is 14.4 Å². The van der Waals surface area contributed by atoms with Gasteiger partial charge in [-0.2, -0.15) is 0 Å². The van der Waals surface area contributed by atoms with Gasteiger partial charge in [-0.3, -0.25) is 19.4 Å². The van der Waals surface area contributed by atoms with Gasteiger partial charge in [-0.25, -0.2) is 5.01 Å². The number of amides is 3. The molecule has 1 fully saturated rings. The maximum atomic E-state index is 13.6. The molecule has 0 radical (unpaired) electrons. The van der Waals surface area contributed by atoms with Gasteiger partial charge < -0.3 is 16.0 Å². The van der Waals surface area contributed by atoms with Crippen LogP contribution >= 0.6 is 0 Å². The smallest absolute Gasteiger partial charge is 0.244 e. The van der Waals surface area contributed by atoms with E-state index in [1.165, 1.54) is 0 Å². The third kappa shape index (κ3) is 6.04. The lowest BCUT2D eigenvalue weighted by atomic mass is 9.74. The molecule has 0 spiro atoms. The van der Waals surface area contributed by atoms with Crippen molar-refractivity contribution in [1.29, 1.82) is 0 Å². The Labute approximate surface area is 185 Å². The lowest BCUT2D eigenvalue weighted by molar-refractivity contribution is -0.159. The minimum Gasteiger partial charge on any atom is -0.343 e. The number of nitrogens with zero attached hydrogens (tertiary/aromatic N) is 3. The Morgan fingerprint density at radius 3 is 2.35 bits per heavy atom. The van der Waals surface area contributed by atoms with E-state index in [0.717, 1.165) is 5.56 Å². The van der Waals surface area contributed by atoms with Crippen LogP contribution in [0.15, 0.2) is 30.3 Å². The molecule has 1 aromatic rings. The first-order valence-electron chi connectivity index (χ1n) is 10.8. The molecule has 31 heavy (non-hydrogen) atoms. The third-order valence-electron chi connectivity index (χ3n) is 5.92. The molecule has 3 N–H and O–H groups in total. The normalized spacial score (nSPS) is 20.3. The average molecular weight is 432 g/mol. The largest absolute Gasteiger partial charge is 0.343 e. The van der Waals surface area contributed by atoms with Crippen LogP contribution in [-0.2, 0) is 20.8 Å². The first-order valence-corrected chi connectivity index (χ1v) is 10.8. The number of hydrogen-bond acceptors (Lipinski definition) is 5.